The van der Waals surface area contributed by atoms with Crippen molar-refractivity contribution in [2.24, 2.45) is 17.3 Å². The largest absolute Gasteiger partial charge is 0.481 e. The van der Waals surface area contributed by atoms with Crippen LogP contribution in [0.25, 0.3) is 0 Å². The summed E-state index contributed by atoms with van der Waals surface area (Å²) in [6.45, 7) is 2.16. The normalized spacial score (nSPS) is 40.2. The van der Waals surface area contributed by atoms with Gasteiger partial charge in [-0.2, -0.15) is 11.8 Å². The molecule has 1 saturated heterocycles. The number of thioether (sulfide) groups is 1. The van der Waals surface area contributed by atoms with E-state index in [-0.39, 0.29) is 11.3 Å². The van der Waals surface area contributed by atoms with Crippen molar-refractivity contribution in [1.29, 1.82) is 0 Å². The summed E-state index contributed by atoms with van der Waals surface area (Å²) in [6, 6.07) is 0. The van der Waals surface area contributed by atoms with Crippen LogP contribution in [-0.2, 0) is 4.79 Å². The Kier molecular flexibility index (Phi) is 2.30. The van der Waals surface area contributed by atoms with Gasteiger partial charge in [0.25, 0.3) is 0 Å². The zero-order chi connectivity index (χ0) is 9.47. The van der Waals surface area contributed by atoms with Crippen molar-refractivity contribution in [3.05, 3.63) is 0 Å². The van der Waals surface area contributed by atoms with Crippen LogP contribution in [0.4, 0.5) is 0 Å². The molecule has 1 aliphatic heterocycles. The van der Waals surface area contributed by atoms with E-state index in [1.54, 1.807) is 0 Å². The summed E-state index contributed by atoms with van der Waals surface area (Å²) in [5, 5.41) is 8.91. The Morgan fingerprint density at radius 1 is 1.46 bits per heavy atom. The molecule has 0 aromatic carbocycles. The summed E-state index contributed by atoms with van der Waals surface area (Å²) in [4.78, 5) is 10.8. The fourth-order valence-electron chi connectivity index (χ4n) is 2.56. The molecule has 0 spiro atoms. The fraction of sp³-hybridized carbons (Fsp3) is 0.900. The van der Waals surface area contributed by atoms with Crippen LogP contribution in [0.2, 0.25) is 0 Å². The van der Waals surface area contributed by atoms with Crippen molar-refractivity contribution in [3.8, 4) is 0 Å². The molecule has 0 bridgehead atoms. The van der Waals surface area contributed by atoms with Crippen LogP contribution < -0.4 is 0 Å². The molecule has 2 nitrogen and oxygen atoms in total. The minimum atomic E-state index is -0.583. The first-order valence-corrected chi connectivity index (χ1v) is 6.10. The zero-order valence-corrected chi connectivity index (χ0v) is 8.77. The molecule has 2 rings (SSSR count). The number of aliphatic carboxylic acids is 1. The number of hydrogen-bond acceptors (Lipinski definition) is 2. The van der Waals surface area contributed by atoms with Crippen LogP contribution in [0.1, 0.15) is 26.2 Å². The lowest BCUT2D eigenvalue weighted by Crippen LogP contribution is -2.22. The van der Waals surface area contributed by atoms with Crippen molar-refractivity contribution in [2.45, 2.75) is 26.2 Å². The van der Waals surface area contributed by atoms with E-state index >= 15 is 0 Å². The van der Waals surface area contributed by atoms with E-state index in [0.717, 1.165) is 6.42 Å². The van der Waals surface area contributed by atoms with Gasteiger partial charge in [-0.1, -0.05) is 6.92 Å². The quantitative estimate of drug-likeness (QED) is 0.742. The number of carboxylic acids is 1. The third kappa shape index (κ3) is 1.58. The molecular formula is C10H16O2S. The molecule has 13 heavy (non-hydrogen) atoms. The topological polar surface area (TPSA) is 37.3 Å². The Morgan fingerprint density at radius 2 is 2.08 bits per heavy atom. The molecule has 2 aliphatic rings. The van der Waals surface area contributed by atoms with Crippen LogP contribution in [0, 0.1) is 17.3 Å². The SMILES string of the molecule is CC1(C2CCSCC2)CC1C(=O)O. The first-order chi connectivity index (χ1) is 6.14. The smallest absolute Gasteiger partial charge is 0.307 e. The highest BCUT2D eigenvalue weighted by atomic mass is 32.2. The lowest BCUT2D eigenvalue weighted by Gasteiger charge is -2.27. The van der Waals surface area contributed by atoms with Gasteiger partial charge in [0.05, 0.1) is 5.92 Å². The summed E-state index contributed by atoms with van der Waals surface area (Å²) in [7, 11) is 0. The highest BCUT2D eigenvalue weighted by Crippen LogP contribution is 2.60. The Bertz CT molecular complexity index is 223. The highest BCUT2D eigenvalue weighted by Gasteiger charge is 2.58. The molecular weight excluding hydrogens is 184 g/mol. The predicted octanol–water partition coefficient (Wildman–Crippen LogP) is 2.24. The van der Waals surface area contributed by atoms with Crippen molar-refractivity contribution in [3.63, 3.8) is 0 Å². The standard InChI is InChI=1S/C10H16O2S/c1-10(6-8(10)9(11)12)7-2-4-13-5-3-7/h7-8H,2-6H2,1H3,(H,11,12). The van der Waals surface area contributed by atoms with Crippen LogP contribution in [-0.4, -0.2) is 22.6 Å². The van der Waals surface area contributed by atoms with E-state index < -0.39 is 5.97 Å². The van der Waals surface area contributed by atoms with Gasteiger partial charge in [-0.05, 0) is 42.1 Å². The molecule has 2 fully saturated rings. The predicted molar refractivity (Wildman–Crippen MR) is 53.9 cm³/mol. The van der Waals surface area contributed by atoms with Crippen molar-refractivity contribution < 1.29 is 9.90 Å². The summed E-state index contributed by atoms with van der Waals surface area (Å²) in [5.41, 5.74) is 0.146. The third-order valence-electron chi connectivity index (χ3n) is 3.73. The molecule has 1 heterocycles. The average molecular weight is 200 g/mol. The molecule has 1 aliphatic carbocycles. The zero-order valence-electron chi connectivity index (χ0n) is 7.95. The Labute approximate surface area is 83.1 Å². The molecule has 1 N–H and O–H groups in total. The Hall–Kier alpha value is -0.180. The maximum atomic E-state index is 10.8. The summed E-state index contributed by atoms with van der Waals surface area (Å²) >= 11 is 2.00. The minimum absolute atomic E-state index is 0.0411. The first kappa shape index (κ1) is 9.38. The van der Waals surface area contributed by atoms with Crippen LogP contribution in [0.5, 0.6) is 0 Å². The molecule has 74 valence electrons. The summed E-state index contributed by atoms with van der Waals surface area (Å²) < 4.78 is 0. The van der Waals surface area contributed by atoms with E-state index in [2.05, 4.69) is 6.92 Å². The first-order valence-electron chi connectivity index (χ1n) is 4.95. The molecule has 2 unspecified atom stereocenters. The van der Waals surface area contributed by atoms with Gasteiger partial charge in [-0.3, -0.25) is 4.79 Å². The second-order valence-corrected chi connectivity index (χ2v) is 5.71. The van der Waals surface area contributed by atoms with Crippen LogP contribution >= 0.6 is 11.8 Å². The number of carboxylic acid groups (broad SMARTS) is 1. The summed E-state index contributed by atoms with van der Waals surface area (Å²) in [6.07, 6.45) is 3.37. The minimum Gasteiger partial charge on any atom is -0.481 e. The molecule has 2 atom stereocenters. The van der Waals surface area contributed by atoms with Gasteiger partial charge in [0.2, 0.25) is 0 Å². The van der Waals surface area contributed by atoms with E-state index in [1.165, 1.54) is 24.3 Å². The maximum Gasteiger partial charge on any atom is 0.307 e. The molecule has 1 saturated carbocycles. The molecule has 0 aromatic rings. The van der Waals surface area contributed by atoms with Gasteiger partial charge in [0, 0.05) is 0 Å². The van der Waals surface area contributed by atoms with E-state index in [0.29, 0.717) is 5.92 Å². The second kappa shape index (κ2) is 3.19. The van der Waals surface area contributed by atoms with Gasteiger partial charge in [0.1, 0.15) is 0 Å². The number of rotatable bonds is 2. The van der Waals surface area contributed by atoms with E-state index in [4.69, 9.17) is 5.11 Å². The van der Waals surface area contributed by atoms with E-state index in [9.17, 15) is 4.79 Å². The van der Waals surface area contributed by atoms with Gasteiger partial charge < -0.3 is 5.11 Å². The van der Waals surface area contributed by atoms with Gasteiger partial charge in [-0.15, -0.1) is 0 Å². The van der Waals surface area contributed by atoms with Gasteiger partial charge >= 0.3 is 5.97 Å². The molecule has 0 aromatic heterocycles. The monoisotopic (exact) mass is 200 g/mol. The van der Waals surface area contributed by atoms with Crippen LogP contribution in [0.15, 0.2) is 0 Å². The lowest BCUT2D eigenvalue weighted by molar-refractivity contribution is -0.139. The second-order valence-electron chi connectivity index (χ2n) is 4.49. The lowest BCUT2D eigenvalue weighted by atomic mass is 9.84. The maximum absolute atomic E-state index is 10.8. The van der Waals surface area contributed by atoms with Gasteiger partial charge in [0.15, 0.2) is 0 Å². The number of hydrogen-bond donors (Lipinski definition) is 1. The Morgan fingerprint density at radius 3 is 2.54 bits per heavy atom. The summed E-state index contributed by atoms with van der Waals surface area (Å²) in [5.74, 6) is 2.51. The Balaban J connectivity index is 1.97. The van der Waals surface area contributed by atoms with Crippen molar-refractivity contribution >= 4 is 17.7 Å². The fourth-order valence-corrected chi connectivity index (χ4v) is 3.67. The van der Waals surface area contributed by atoms with Crippen molar-refractivity contribution in [2.75, 3.05) is 11.5 Å². The average Bonchev–Trinajstić information content (AvgIpc) is 2.82. The van der Waals surface area contributed by atoms with E-state index in [1.807, 2.05) is 11.8 Å². The number of carbonyl (C=O) groups is 1. The van der Waals surface area contributed by atoms with Crippen LogP contribution in [0.3, 0.4) is 0 Å². The highest BCUT2D eigenvalue weighted by molar-refractivity contribution is 7.99. The van der Waals surface area contributed by atoms with Gasteiger partial charge in [-0.25, -0.2) is 0 Å². The molecule has 3 heteroatoms. The molecule has 0 radical (unpaired) electrons. The van der Waals surface area contributed by atoms with Crippen molar-refractivity contribution in [1.82, 2.24) is 0 Å². The third-order valence-corrected chi connectivity index (χ3v) is 4.78. The molecule has 0 amide bonds.